The van der Waals surface area contributed by atoms with Crippen LogP contribution in [0.25, 0.3) is 0 Å². The van der Waals surface area contributed by atoms with E-state index in [1.54, 1.807) is 12.0 Å². The summed E-state index contributed by atoms with van der Waals surface area (Å²) in [6, 6.07) is -0.722. The molecule has 0 aliphatic carbocycles. The van der Waals surface area contributed by atoms with E-state index in [0.717, 1.165) is 19.3 Å². The fraction of sp³-hybridized carbons (Fsp3) is 0.875. The Labute approximate surface area is 128 Å². The predicted molar refractivity (Wildman–Crippen MR) is 82.8 cm³/mol. The molecule has 0 radical (unpaired) electrons. The van der Waals surface area contributed by atoms with Crippen molar-refractivity contribution in [2.45, 2.75) is 59.0 Å². The lowest BCUT2D eigenvalue weighted by Gasteiger charge is -2.42. The fourth-order valence-corrected chi connectivity index (χ4v) is 2.82. The van der Waals surface area contributed by atoms with E-state index < -0.39 is 0 Å². The van der Waals surface area contributed by atoms with Crippen LogP contribution in [0.15, 0.2) is 0 Å². The molecule has 0 aromatic rings. The minimum absolute atomic E-state index is 0.0124. The number of hydrogen-bond acceptors (Lipinski definition) is 3. The topological polar surface area (TPSA) is 58.6 Å². The third-order valence-electron chi connectivity index (χ3n) is 4.29. The van der Waals surface area contributed by atoms with Gasteiger partial charge in [-0.05, 0) is 24.7 Å². The Balaban J connectivity index is 2.82. The van der Waals surface area contributed by atoms with Crippen molar-refractivity contribution in [1.29, 1.82) is 0 Å². The maximum absolute atomic E-state index is 12.7. The number of carbonyl (C=O) groups excluding carboxylic acids is 2. The number of hydrogen-bond donors (Lipinski definition) is 1. The number of carbonyl (C=O) groups is 2. The molecular weight excluding hydrogens is 268 g/mol. The Morgan fingerprint density at radius 1 is 1.24 bits per heavy atom. The molecule has 2 amide bonds. The first-order valence-electron chi connectivity index (χ1n) is 8.03. The summed E-state index contributed by atoms with van der Waals surface area (Å²) in [6.45, 7) is 9.36. The van der Waals surface area contributed by atoms with Gasteiger partial charge in [-0.3, -0.25) is 9.59 Å². The number of unbranched alkanes of at least 4 members (excludes halogenated alkanes) is 1. The molecule has 1 N–H and O–H groups in total. The van der Waals surface area contributed by atoms with Crippen molar-refractivity contribution in [3.8, 4) is 0 Å². The first-order chi connectivity index (χ1) is 9.93. The Morgan fingerprint density at radius 3 is 2.43 bits per heavy atom. The van der Waals surface area contributed by atoms with Crippen molar-refractivity contribution in [2.75, 3.05) is 20.3 Å². The lowest BCUT2D eigenvalue weighted by molar-refractivity contribution is -0.152. The van der Waals surface area contributed by atoms with Crippen LogP contribution in [-0.4, -0.2) is 49.1 Å². The van der Waals surface area contributed by atoms with Crippen LogP contribution in [0.4, 0.5) is 0 Å². The van der Waals surface area contributed by atoms with Crippen LogP contribution in [0.2, 0.25) is 0 Å². The Hall–Kier alpha value is -1.10. The fourth-order valence-electron chi connectivity index (χ4n) is 2.82. The van der Waals surface area contributed by atoms with Gasteiger partial charge in [-0.1, -0.05) is 34.1 Å². The van der Waals surface area contributed by atoms with Gasteiger partial charge in [-0.15, -0.1) is 0 Å². The molecule has 5 heteroatoms. The summed E-state index contributed by atoms with van der Waals surface area (Å²) < 4.78 is 5.05. The number of nitrogens with one attached hydrogen (secondary N) is 1. The van der Waals surface area contributed by atoms with Crippen molar-refractivity contribution in [1.82, 2.24) is 10.2 Å². The summed E-state index contributed by atoms with van der Waals surface area (Å²) in [4.78, 5) is 26.9. The van der Waals surface area contributed by atoms with E-state index in [-0.39, 0.29) is 35.7 Å². The highest BCUT2D eigenvalue weighted by molar-refractivity contribution is 5.97. The smallest absolute Gasteiger partial charge is 0.246 e. The summed E-state index contributed by atoms with van der Waals surface area (Å²) in [6.07, 6.45) is 2.64. The molecule has 0 aromatic carbocycles. The molecule has 3 unspecified atom stereocenters. The molecule has 0 bridgehead atoms. The summed E-state index contributed by atoms with van der Waals surface area (Å²) in [5.41, 5.74) is 0. The highest BCUT2D eigenvalue weighted by atomic mass is 16.5. The van der Waals surface area contributed by atoms with Crippen molar-refractivity contribution in [3.05, 3.63) is 0 Å². The lowest BCUT2D eigenvalue weighted by Crippen LogP contribution is -2.66. The third-order valence-corrected chi connectivity index (χ3v) is 4.29. The molecule has 21 heavy (non-hydrogen) atoms. The molecule has 1 aliphatic heterocycles. The molecule has 0 spiro atoms. The molecule has 5 nitrogen and oxygen atoms in total. The van der Waals surface area contributed by atoms with Gasteiger partial charge < -0.3 is 15.0 Å². The Morgan fingerprint density at radius 2 is 1.90 bits per heavy atom. The second kappa shape index (κ2) is 8.37. The average molecular weight is 298 g/mol. The van der Waals surface area contributed by atoms with Crippen LogP contribution in [0, 0.1) is 11.8 Å². The van der Waals surface area contributed by atoms with Gasteiger partial charge in [0.2, 0.25) is 11.8 Å². The van der Waals surface area contributed by atoms with Gasteiger partial charge in [0.15, 0.2) is 0 Å². The first kappa shape index (κ1) is 18.0. The van der Waals surface area contributed by atoms with Gasteiger partial charge in [-0.2, -0.15) is 0 Å². The van der Waals surface area contributed by atoms with Gasteiger partial charge in [0.05, 0.1) is 0 Å². The molecule has 0 aromatic heterocycles. The zero-order valence-electron chi connectivity index (χ0n) is 14.0. The number of rotatable bonds is 8. The summed E-state index contributed by atoms with van der Waals surface area (Å²) in [7, 11) is 1.68. The maximum Gasteiger partial charge on any atom is 0.246 e. The van der Waals surface area contributed by atoms with Crippen LogP contribution in [-0.2, 0) is 14.3 Å². The SMILES string of the molecule is CCC(C)C1NC(=O)C(C(C)C)N(CCCCOC)C1=O. The van der Waals surface area contributed by atoms with E-state index in [9.17, 15) is 9.59 Å². The Kier molecular flexibility index (Phi) is 7.15. The monoisotopic (exact) mass is 298 g/mol. The molecule has 1 heterocycles. The van der Waals surface area contributed by atoms with E-state index in [0.29, 0.717) is 13.2 Å². The minimum Gasteiger partial charge on any atom is -0.385 e. The number of nitrogens with zero attached hydrogens (tertiary/aromatic N) is 1. The van der Waals surface area contributed by atoms with Crippen molar-refractivity contribution >= 4 is 11.8 Å². The lowest BCUT2D eigenvalue weighted by atomic mass is 9.90. The average Bonchev–Trinajstić information content (AvgIpc) is 2.45. The maximum atomic E-state index is 12.7. The standard InChI is InChI=1S/C16H30N2O3/c1-6-12(4)13-16(20)18(9-7-8-10-21-5)14(11(2)3)15(19)17-13/h11-14H,6-10H2,1-5H3,(H,17,19). The highest BCUT2D eigenvalue weighted by Crippen LogP contribution is 2.22. The second-order valence-corrected chi connectivity index (χ2v) is 6.29. The van der Waals surface area contributed by atoms with Crippen molar-refractivity contribution < 1.29 is 14.3 Å². The minimum atomic E-state index is -0.375. The number of amides is 2. The van der Waals surface area contributed by atoms with Gasteiger partial charge in [0.25, 0.3) is 0 Å². The van der Waals surface area contributed by atoms with Gasteiger partial charge in [0.1, 0.15) is 12.1 Å². The molecule has 1 fully saturated rings. The molecule has 1 aliphatic rings. The largest absolute Gasteiger partial charge is 0.385 e. The van der Waals surface area contributed by atoms with E-state index in [1.165, 1.54) is 0 Å². The molecule has 3 atom stereocenters. The van der Waals surface area contributed by atoms with Crippen LogP contribution >= 0.6 is 0 Å². The molecule has 122 valence electrons. The van der Waals surface area contributed by atoms with E-state index in [1.807, 2.05) is 27.7 Å². The summed E-state index contributed by atoms with van der Waals surface area (Å²) >= 11 is 0. The Bertz CT molecular complexity index is 357. The second-order valence-electron chi connectivity index (χ2n) is 6.29. The molecule has 1 rings (SSSR count). The van der Waals surface area contributed by atoms with E-state index in [2.05, 4.69) is 5.32 Å². The van der Waals surface area contributed by atoms with Crippen molar-refractivity contribution in [3.63, 3.8) is 0 Å². The van der Waals surface area contributed by atoms with E-state index in [4.69, 9.17) is 4.74 Å². The zero-order chi connectivity index (χ0) is 16.0. The molecule has 0 saturated carbocycles. The van der Waals surface area contributed by atoms with E-state index >= 15 is 0 Å². The number of methoxy groups -OCH3 is 1. The quantitative estimate of drug-likeness (QED) is 0.695. The van der Waals surface area contributed by atoms with Gasteiger partial charge in [0, 0.05) is 20.3 Å². The third kappa shape index (κ3) is 4.43. The van der Waals surface area contributed by atoms with Crippen LogP contribution in [0.1, 0.15) is 47.0 Å². The highest BCUT2D eigenvalue weighted by Gasteiger charge is 2.42. The zero-order valence-corrected chi connectivity index (χ0v) is 14.0. The van der Waals surface area contributed by atoms with Gasteiger partial charge >= 0.3 is 0 Å². The summed E-state index contributed by atoms with van der Waals surface area (Å²) in [5, 5.41) is 2.92. The summed E-state index contributed by atoms with van der Waals surface area (Å²) in [5.74, 6) is 0.340. The molecule has 1 saturated heterocycles. The molecular formula is C16H30N2O3. The van der Waals surface area contributed by atoms with Crippen LogP contribution < -0.4 is 5.32 Å². The number of ether oxygens (including phenoxy) is 1. The van der Waals surface area contributed by atoms with Crippen LogP contribution in [0.3, 0.4) is 0 Å². The normalized spacial score (nSPS) is 24.4. The van der Waals surface area contributed by atoms with Crippen molar-refractivity contribution in [2.24, 2.45) is 11.8 Å². The number of piperazine rings is 1. The predicted octanol–water partition coefficient (Wildman–Crippen LogP) is 1.81. The first-order valence-corrected chi connectivity index (χ1v) is 8.03. The van der Waals surface area contributed by atoms with Gasteiger partial charge in [-0.25, -0.2) is 0 Å². The van der Waals surface area contributed by atoms with Crippen LogP contribution in [0.5, 0.6) is 0 Å².